The zero-order valence-corrected chi connectivity index (χ0v) is 14.6. The van der Waals surface area contributed by atoms with Crippen molar-refractivity contribution in [2.75, 3.05) is 0 Å². The Morgan fingerprint density at radius 1 is 1.12 bits per heavy atom. The normalized spacial score (nSPS) is 15.4. The van der Waals surface area contributed by atoms with Gasteiger partial charge in [-0.15, -0.1) is 0 Å². The largest absolute Gasteiger partial charge is 0.403 e. The number of cyclic esters (lactones) is 1. The van der Waals surface area contributed by atoms with E-state index in [9.17, 15) is 14.9 Å². The third-order valence-corrected chi connectivity index (χ3v) is 4.24. The van der Waals surface area contributed by atoms with Crippen molar-refractivity contribution in [3.8, 4) is 0 Å². The lowest BCUT2D eigenvalue weighted by Crippen LogP contribution is -2.01. The Kier molecular flexibility index (Phi) is 5.16. The van der Waals surface area contributed by atoms with Crippen LogP contribution in [0.3, 0.4) is 0 Å². The molecule has 0 saturated heterocycles. The maximum absolute atomic E-state index is 11.9. The highest BCUT2D eigenvalue weighted by Gasteiger charge is 2.21. The van der Waals surface area contributed by atoms with E-state index >= 15 is 0 Å². The quantitative estimate of drug-likeness (QED) is 0.322. The molecule has 2 aromatic carbocycles. The number of halogens is 2. The molecular formula is C18H10Cl2N2O4. The molecule has 130 valence electrons. The van der Waals surface area contributed by atoms with Crippen LogP contribution in [0.15, 0.2) is 59.2 Å². The lowest BCUT2D eigenvalue weighted by molar-refractivity contribution is -0.384. The summed E-state index contributed by atoms with van der Waals surface area (Å²) >= 11 is 12.0. The monoisotopic (exact) mass is 388 g/mol. The van der Waals surface area contributed by atoms with Gasteiger partial charge in [0, 0.05) is 18.2 Å². The number of rotatable bonds is 4. The summed E-state index contributed by atoms with van der Waals surface area (Å²) in [7, 11) is 0. The van der Waals surface area contributed by atoms with Gasteiger partial charge in [0.1, 0.15) is 0 Å². The molecule has 0 spiro atoms. The topological polar surface area (TPSA) is 81.8 Å². The van der Waals surface area contributed by atoms with E-state index in [1.165, 1.54) is 24.3 Å². The SMILES string of the molecule is O=C1OC(C=Cc2cccc([N+](=O)[O-])c2)=NC1=Cc1cccc(Cl)c1Cl. The van der Waals surface area contributed by atoms with E-state index in [0.717, 1.165) is 0 Å². The molecule has 26 heavy (non-hydrogen) atoms. The van der Waals surface area contributed by atoms with Gasteiger partial charge in [-0.3, -0.25) is 10.1 Å². The minimum absolute atomic E-state index is 0.0336. The number of ether oxygens (including phenoxy) is 1. The van der Waals surface area contributed by atoms with Gasteiger partial charge in [-0.1, -0.05) is 47.5 Å². The van der Waals surface area contributed by atoms with E-state index in [0.29, 0.717) is 21.2 Å². The Labute approximate surface area is 158 Å². The van der Waals surface area contributed by atoms with Gasteiger partial charge in [0.25, 0.3) is 5.69 Å². The number of esters is 1. The molecule has 3 rings (SSSR count). The fourth-order valence-electron chi connectivity index (χ4n) is 2.19. The number of hydrogen-bond donors (Lipinski definition) is 0. The van der Waals surface area contributed by atoms with Crippen LogP contribution in [0.5, 0.6) is 0 Å². The van der Waals surface area contributed by atoms with Crippen LogP contribution >= 0.6 is 23.2 Å². The Balaban J connectivity index is 1.84. The first-order chi connectivity index (χ1) is 12.4. The average molecular weight is 389 g/mol. The van der Waals surface area contributed by atoms with Crippen LogP contribution in [-0.4, -0.2) is 16.8 Å². The number of benzene rings is 2. The van der Waals surface area contributed by atoms with Crippen LogP contribution in [0.4, 0.5) is 5.69 Å². The Hall–Kier alpha value is -2.96. The van der Waals surface area contributed by atoms with E-state index in [1.54, 1.807) is 36.4 Å². The Bertz CT molecular complexity index is 996. The van der Waals surface area contributed by atoms with Crippen LogP contribution < -0.4 is 0 Å². The molecule has 1 aliphatic rings. The van der Waals surface area contributed by atoms with Crippen LogP contribution in [-0.2, 0) is 9.53 Å². The van der Waals surface area contributed by atoms with Gasteiger partial charge in [0.2, 0.25) is 5.90 Å². The van der Waals surface area contributed by atoms with Gasteiger partial charge >= 0.3 is 5.97 Å². The number of nitro groups is 1. The van der Waals surface area contributed by atoms with Gasteiger partial charge in [-0.2, -0.15) is 0 Å². The lowest BCUT2D eigenvalue weighted by atomic mass is 10.2. The maximum atomic E-state index is 11.9. The van der Waals surface area contributed by atoms with E-state index in [4.69, 9.17) is 27.9 Å². The summed E-state index contributed by atoms with van der Waals surface area (Å²) in [5.41, 5.74) is 1.16. The molecule has 0 radical (unpaired) electrons. The molecule has 0 aliphatic carbocycles. The number of nitro benzene ring substituents is 1. The van der Waals surface area contributed by atoms with Crippen molar-refractivity contribution in [3.05, 3.63) is 85.5 Å². The molecular weight excluding hydrogens is 379 g/mol. The third-order valence-electron chi connectivity index (χ3n) is 3.41. The zero-order chi connectivity index (χ0) is 18.7. The van der Waals surface area contributed by atoms with Gasteiger partial charge in [-0.05, 0) is 29.3 Å². The number of non-ortho nitro benzene ring substituents is 1. The second kappa shape index (κ2) is 7.51. The van der Waals surface area contributed by atoms with Crippen LogP contribution in [0.25, 0.3) is 12.2 Å². The van der Waals surface area contributed by atoms with Crippen molar-refractivity contribution in [2.24, 2.45) is 4.99 Å². The van der Waals surface area contributed by atoms with E-state index in [2.05, 4.69) is 4.99 Å². The number of carbonyl (C=O) groups excluding carboxylic acids is 1. The summed E-state index contributed by atoms with van der Waals surface area (Å²) in [6.07, 6.45) is 4.50. The molecule has 1 aliphatic heterocycles. The molecule has 0 aromatic heterocycles. The molecule has 0 fully saturated rings. The second-order valence-electron chi connectivity index (χ2n) is 5.20. The van der Waals surface area contributed by atoms with Crippen molar-refractivity contribution in [1.82, 2.24) is 0 Å². The van der Waals surface area contributed by atoms with E-state index < -0.39 is 10.9 Å². The van der Waals surface area contributed by atoms with E-state index in [-0.39, 0.29) is 17.3 Å². The van der Waals surface area contributed by atoms with Gasteiger partial charge in [0.05, 0.1) is 15.0 Å². The van der Waals surface area contributed by atoms with Crippen LogP contribution in [0.2, 0.25) is 10.0 Å². The molecule has 6 nitrogen and oxygen atoms in total. The summed E-state index contributed by atoms with van der Waals surface area (Å²) in [5.74, 6) is -0.550. The highest BCUT2D eigenvalue weighted by atomic mass is 35.5. The van der Waals surface area contributed by atoms with Crippen molar-refractivity contribution in [3.63, 3.8) is 0 Å². The van der Waals surface area contributed by atoms with Crippen molar-refractivity contribution < 1.29 is 14.5 Å². The number of aliphatic imine (C=N–C) groups is 1. The number of hydrogen-bond acceptors (Lipinski definition) is 5. The summed E-state index contributed by atoms with van der Waals surface area (Å²) in [6, 6.07) is 11.1. The van der Waals surface area contributed by atoms with Gasteiger partial charge in [0.15, 0.2) is 5.70 Å². The first-order valence-electron chi connectivity index (χ1n) is 7.33. The first kappa shape index (κ1) is 17.8. The standard InChI is InChI=1S/C18H10Cl2N2O4/c19-14-6-2-4-12(17(14)20)10-15-18(23)26-16(21-15)8-7-11-3-1-5-13(9-11)22(24)25/h1-10H. The third kappa shape index (κ3) is 3.99. The molecule has 0 bridgehead atoms. The molecule has 0 amide bonds. The zero-order valence-electron chi connectivity index (χ0n) is 13.1. The van der Waals surface area contributed by atoms with Crippen molar-refractivity contribution in [2.45, 2.75) is 0 Å². The van der Waals surface area contributed by atoms with Crippen molar-refractivity contribution >= 4 is 52.9 Å². The maximum Gasteiger partial charge on any atom is 0.363 e. The highest BCUT2D eigenvalue weighted by molar-refractivity contribution is 6.43. The lowest BCUT2D eigenvalue weighted by Gasteiger charge is -1.99. The summed E-state index contributed by atoms with van der Waals surface area (Å²) in [6.45, 7) is 0. The van der Waals surface area contributed by atoms with Crippen LogP contribution in [0, 0.1) is 10.1 Å². The first-order valence-corrected chi connectivity index (χ1v) is 8.09. The summed E-state index contributed by atoms with van der Waals surface area (Å²) in [5, 5.41) is 11.5. The van der Waals surface area contributed by atoms with Gasteiger partial charge < -0.3 is 4.74 Å². The summed E-state index contributed by atoms with van der Waals surface area (Å²) in [4.78, 5) is 26.3. The predicted octanol–water partition coefficient (Wildman–Crippen LogP) is 4.91. The highest BCUT2D eigenvalue weighted by Crippen LogP contribution is 2.28. The molecule has 0 saturated carbocycles. The van der Waals surface area contributed by atoms with E-state index in [1.807, 2.05) is 0 Å². The predicted molar refractivity (Wildman–Crippen MR) is 100 cm³/mol. The Morgan fingerprint density at radius 2 is 1.88 bits per heavy atom. The average Bonchev–Trinajstić information content (AvgIpc) is 2.97. The van der Waals surface area contributed by atoms with Crippen molar-refractivity contribution in [1.29, 1.82) is 0 Å². The molecule has 8 heteroatoms. The van der Waals surface area contributed by atoms with Gasteiger partial charge in [-0.25, -0.2) is 9.79 Å². The minimum Gasteiger partial charge on any atom is -0.403 e. The molecule has 0 atom stereocenters. The number of nitrogens with zero attached hydrogens (tertiary/aromatic N) is 2. The smallest absolute Gasteiger partial charge is 0.363 e. The van der Waals surface area contributed by atoms with Crippen LogP contribution in [0.1, 0.15) is 11.1 Å². The fraction of sp³-hybridized carbons (Fsp3) is 0. The molecule has 0 unspecified atom stereocenters. The summed E-state index contributed by atoms with van der Waals surface area (Å²) < 4.78 is 5.06. The second-order valence-corrected chi connectivity index (χ2v) is 5.98. The molecule has 1 heterocycles. The molecule has 2 aromatic rings. The molecule has 0 N–H and O–H groups in total. The number of carbonyl (C=O) groups is 1. The fourth-order valence-corrected chi connectivity index (χ4v) is 2.55. The Morgan fingerprint density at radius 3 is 2.65 bits per heavy atom. The minimum atomic E-state index is -0.625.